The van der Waals surface area contributed by atoms with E-state index in [9.17, 15) is 22.4 Å². The number of carbonyl (C=O) groups excluding carboxylic acids is 1. The Balaban J connectivity index is 2.22. The molecule has 1 aromatic carbocycles. The zero-order valence-corrected chi connectivity index (χ0v) is 9.67. The number of hydrogen-bond donors (Lipinski definition) is 0. The number of alkyl halides is 3. The van der Waals surface area contributed by atoms with Crippen molar-refractivity contribution in [2.45, 2.75) is 12.3 Å². The molecular weight excluding hydrogens is 268 g/mol. The Bertz CT molecular complexity index is 478. The third-order valence-electron chi connectivity index (χ3n) is 2.67. The Morgan fingerprint density at radius 2 is 2.00 bits per heavy atom. The normalized spacial score (nSPS) is 20.3. The van der Waals surface area contributed by atoms with Crippen LogP contribution in [0.3, 0.4) is 0 Å². The summed E-state index contributed by atoms with van der Waals surface area (Å²) >= 11 is 0. The summed E-state index contributed by atoms with van der Waals surface area (Å²) < 4.78 is 60.6. The van der Waals surface area contributed by atoms with E-state index in [1.807, 2.05) is 0 Å². The second kappa shape index (κ2) is 5.26. The lowest BCUT2D eigenvalue weighted by Crippen LogP contribution is -2.35. The third-order valence-corrected chi connectivity index (χ3v) is 2.67. The minimum Gasteiger partial charge on any atom is -0.376 e. The van der Waals surface area contributed by atoms with Crippen LogP contribution in [-0.4, -0.2) is 31.7 Å². The van der Waals surface area contributed by atoms with Crippen LogP contribution < -0.4 is 0 Å². The molecule has 0 amide bonds. The van der Waals surface area contributed by atoms with Gasteiger partial charge in [-0.3, -0.25) is 4.79 Å². The van der Waals surface area contributed by atoms with Crippen molar-refractivity contribution in [2.75, 3.05) is 19.8 Å². The van der Waals surface area contributed by atoms with E-state index in [-0.39, 0.29) is 18.8 Å². The molecule has 1 saturated heterocycles. The summed E-state index contributed by atoms with van der Waals surface area (Å²) in [5.41, 5.74) is -1.56. The molecule has 1 fully saturated rings. The van der Waals surface area contributed by atoms with Crippen molar-refractivity contribution in [3.63, 3.8) is 0 Å². The molecule has 1 heterocycles. The van der Waals surface area contributed by atoms with Crippen molar-refractivity contribution in [1.29, 1.82) is 0 Å². The standard InChI is InChI=1S/C12H10F4O3/c13-9-5-7(1-2-8(9)12(14,15)16)11(17)10-6-18-3-4-19-10/h1-2,5,10H,3-4,6H2. The molecule has 3 nitrogen and oxygen atoms in total. The smallest absolute Gasteiger partial charge is 0.376 e. The van der Waals surface area contributed by atoms with E-state index in [1.54, 1.807) is 0 Å². The summed E-state index contributed by atoms with van der Waals surface area (Å²) in [6.07, 6.45) is -5.68. The van der Waals surface area contributed by atoms with Gasteiger partial charge in [0.15, 0.2) is 5.78 Å². The molecule has 1 atom stereocenters. The van der Waals surface area contributed by atoms with Crippen LogP contribution in [0.5, 0.6) is 0 Å². The van der Waals surface area contributed by atoms with Gasteiger partial charge in [-0.1, -0.05) is 6.07 Å². The Kier molecular flexibility index (Phi) is 3.86. The largest absolute Gasteiger partial charge is 0.419 e. The number of ketones is 1. The average molecular weight is 278 g/mol. The van der Waals surface area contributed by atoms with Crippen molar-refractivity contribution in [3.05, 3.63) is 35.1 Å². The Hall–Kier alpha value is -1.47. The molecule has 1 unspecified atom stereocenters. The second-order valence-corrected chi connectivity index (χ2v) is 3.99. The topological polar surface area (TPSA) is 35.5 Å². The van der Waals surface area contributed by atoms with Crippen molar-refractivity contribution in [1.82, 2.24) is 0 Å². The molecule has 0 spiro atoms. The van der Waals surface area contributed by atoms with Gasteiger partial charge < -0.3 is 9.47 Å². The number of Topliss-reactive ketones (excluding diaryl/α,β-unsaturated/α-hetero) is 1. The summed E-state index contributed by atoms with van der Waals surface area (Å²) in [6, 6.07) is 2.06. The van der Waals surface area contributed by atoms with Crippen molar-refractivity contribution in [3.8, 4) is 0 Å². The van der Waals surface area contributed by atoms with Crippen molar-refractivity contribution < 1.29 is 31.8 Å². The van der Waals surface area contributed by atoms with Crippen LogP contribution in [-0.2, 0) is 15.7 Å². The summed E-state index contributed by atoms with van der Waals surface area (Å²) in [5, 5.41) is 0. The fraction of sp³-hybridized carbons (Fsp3) is 0.417. The minimum absolute atomic E-state index is 0.0154. The maximum absolute atomic E-state index is 13.3. The van der Waals surface area contributed by atoms with Crippen LogP contribution >= 0.6 is 0 Å². The van der Waals surface area contributed by atoms with Gasteiger partial charge >= 0.3 is 6.18 Å². The van der Waals surface area contributed by atoms with Gasteiger partial charge in [0.05, 0.1) is 25.4 Å². The molecule has 1 aliphatic heterocycles. The van der Waals surface area contributed by atoms with E-state index in [4.69, 9.17) is 9.47 Å². The van der Waals surface area contributed by atoms with Gasteiger partial charge in [-0.15, -0.1) is 0 Å². The summed E-state index contributed by atoms with van der Waals surface area (Å²) in [7, 11) is 0. The van der Waals surface area contributed by atoms with Gasteiger partial charge in [-0.25, -0.2) is 4.39 Å². The summed E-state index contributed by atoms with van der Waals surface area (Å²) in [6.45, 7) is 0.589. The van der Waals surface area contributed by atoms with Crippen molar-refractivity contribution in [2.24, 2.45) is 0 Å². The van der Waals surface area contributed by atoms with Crippen LogP contribution in [0, 0.1) is 5.82 Å². The first-order valence-electron chi connectivity index (χ1n) is 5.50. The molecule has 7 heteroatoms. The van der Waals surface area contributed by atoms with Crippen LogP contribution in [0.2, 0.25) is 0 Å². The Morgan fingerprint density at radius 1 is 1.26 bits per heavy atom. The zero-order valence-electron chi connectivity index (χ0n) is 9.67. The fourth-order valence-corrected chi connectivity index (χ4v) is 1.72. The lowest BCUT2D eigenvalue weighted by molar-refractivity contribution is -0.140. The highest BCUT2D eigenvalue weighted by molar-refractivity contribution is 5.99. The van der Waals surface area contributed by atoms with E-state index in [1.165, 1.54) is 0 Å². The van der Waals surface area contributed by atoms with Crippen LogP contribution in [0.25, 0.3) is 0 Å². The molecule has 0 radical (unpaired) electrons. The minimum atomic E-state index is -4.78. The van der Waals surface area contributed by atoms with E-state index in [0.717, 1.165) is 6.07 Å². The van der Waals surface area contributed by atoms with E-state index >= 15 is 0 Å². The molecule has 0 aromatic heterocycles. The van der Waals surface area contributed by atoms with E-state index in [0.29, 0.717) is 18.7 Å². The molecule has 0 N–H and O–H groups in total. The van der Waals surface area contributed by atoms with Gasteiger partial charge in [-0.2, -0.15) is 13.2 Å². The molecule has 0 aliphatic carbocycles. The number of hydrogen-bond acceptors (Lipinski definition) is 3. The Labute approximate surface area is 106 Å². The van der Waals surface area contributed by atoms with Gasteiger partial charge in [0.2, 0.25) is 0 Å². The SMILES string of the molecule is O=C(c1ccc(C(F)(F)F)c(F)c1)C1COCCO1. The first-order chi connectivity index (χ1) is 8.89. The molecule has 1 aliphatic rings. The predicted molar refractivity (Wildman–Crippen MR) is 56.3 cm³/mol. The highest BCUT2D eigenvalue weighted by atomic mass is 19.4. The van der Waals surface area contributed by atoms with Crippen LogP contribution in [0.1, 0.15) is 15.9 Å². The highest BCUT2D eigenvalue weighted by Crippen LogP contribution is 2.31. The molecule has 0 saturated carbocycles. The zero-order chi connectivity index (χ0) is 14.0. The van der Waals surface area contributed by atoms with Gasteiger partial charge in [0.25, 0.3) is 0 Å². The third kappa shape index (κ3) is 3.10. The lowest BCUT2D eigenvalue weighted by atomic mass is 10.0. The maximum atomic E-state index is 13.3. The summed E-state index contributed by atoms with van der Waals surface area (Å²) in [5.74, 6) is -2.07. The molecular formula is C12H10F4O3. The molecule has 19 heavy (non-hydrogen) atoms. The average Bonchev–Trinajstić information content (AvgIpc) is 2.37. The summed E-state index contributed by atoms with van der Waals surface area (Å²) in [4.78, 5) is 11.9. The van der Waals surface area contributed by atoms with Gasteiger partial charge in [-0.05, 0) is 12.1 Å². The quantitative estimate of drug-likeness (QED) is 0.615. The van der Waals surface area contributed by atoms with E-state index in [2.05, 4.69) is 0 Å². The Morgan fingerprint density at radius 3 is 2.53 bits per heavy atom. The number of halogens is 4. The monoisotopic (exact) mass is 278 g/mol. The number of carbonyl (C=O) groups is 1. The van der Waals surface area contributed by atoms with Crippen LogP contribution in [0.4, 0.5) is 17.6 Å². The van der Waals surface area contributed by atoms with Crippen LogP contribution in [0.15, 0.2) is 18.2 Å². The molecule has 0 bridgehead atoms. The van der Waals surface area contributed by atoms with Crippen molar-refractivity contribution >= 4 is 5.78 Å². The molecule has 1 aromatic rings. The highest BCUT2D eigenvalue weighted by Gasteiger charge is 2.34. The van der Waals surface area contributed by atoms with E-state index < -0.39 is 29.4 Å². The molecule has 104 valence electrons. The number of rotatable bonds is 2. The van der Waals surface area contributed by atoms with Gasteiger partial charge in [0.1, 0.15) is 11.9 Å². The van der Waals surface area contributed by atoms with Gasteiger partial charge in [0, 0.05) is 5.56 Å². The molecule has 2 rings (SSSR count). The fourth-order valence-electron chi connectivity index (χ4n) is 1.72. The number of ether oxygens (including phenoxy) is 2. The maximum Gasteiger partial charge on any atom is 0.419 e. The second-order valence-electron chi connectivity index (χ2n) is 3.99. The predicted octanol–water partition coefficient (Wildman–Crippen LogP) is 2.44. The first kappa shape index (κ1) is 14.0. The number of benzene rings is 1. The lowest BCUT2D eigenvalue weighted by Gasteiger charge is -2.21. The first-order valence-corrected chi connectivity index (χ1v) is 5.50.